The number of nitrogens with one attached hydrogen (secondary N) is 1. The molecule has 0 radical (unpaired) electrons. The van der Waals surface area contributed by atoms with Crippen LogP contribution in [-0.2, 0) is 16.1 Å². The zero-order chi connectivity index (χ0) is 22.4. The SMILES string of the molecule is CCOc1ccc(-n2ccn(CC(=O)Nc3ccccc3C(=O)OC)c(=O)c2=O)cc1. The van der Waals surface area contributed by atoms with Crippen LogP contribution in [0.4, 0.5) is 5.69 Å². The lowest BCUT2D eigenvalue weighted by molar-refractivity contribution is -0.116. The molecule has 9 nitrogen and oxygen atoms in total. The third-order valence-corrected chi connectivity index (χ3v) is 4.40. The fourth-order valence-corrected chi connectivity index (χ4v) is 2.93. The molecule has 0 spiro atoms. The number of ether oxygens (including phenoxy) is 2. The first kappa shape index (κ1) is 21.6. The maximum absolute atomic E-state index is 12.5. The number of carbonyl (C=O) groups is 2. The van der Waals surface area contributed by atoms with E-state index in [1.165, 1.54) is 36.2 Å². The molecule has 1 heterocycles. The minimum atomic E-state index is -0.854. The molecule has 2 aromatic carbocycles. The summed E-state index contributed by atoms with van der Waals surface area (Å²) in [5.41, 5.74) is -0.733. The summed E-state index contributed by atoms with van der Waals surface area (Å²) in [7, 11) is 1.24. The van der Waals surface area contributed by atoms with Crippen LogP contribution in [0.3, 0.4) is 0 Å². The normalized spacial score (nSPS) is 10.4. The molecule has 0 saturated carbocycles. The van der Waals surface area contributed by atoms with Gasteiger partial charge in [-0.1, -0.05) is 12.1 Å². The molecule has 0 aliphatic heterocycles. The Kier molecular flexibility index (Phi) is 6.66. The Morgan fingerprint density at radius 1 is 0.968 bits per heavy atom. The van der Waals surface area contributed by atoms with Crippen molar-refractivity contribution in [1.29, 1.82) is 0 Å². The summed E-state index contributed by atoms with van der Waals surface area (Å²) in [4.78, 5) is 49.3. The standard InChI is InChI=1S/C22H21N3O6/c1-3-31-16-10-8-15(9-11-16)25-13-12-24(20(27)21(25)28)14-19(26)23-18-7-5-4-6-17(18)22(29)30-2/h4-13H,3,14H2,1-2H3,(H,23,26). The van der Waals surface area contributed by atoms with Crippen LogP contribution in [-0.4, -0.2) is 34.7 Å². The van der Waals surface area contributed by atoms with Crippen molar-refractivity contribution in [2.75, 3.05) is 19.0 Å². The minimum Gasteiger partial charge on any atom is -0.494 e. The Morgan fingerprint density at radius 2 is 1.68 bits per heavy atom. The van der Waals surface area contributed by atoms with Gasteiger partial charge >= 0.3 is 17.1 Å². The van der Waals surface area contributed by atoms with E-state index in [2.05, 4.69) is 5.32 Å². The van der Waals surface area contributed by atoms with Gasteiger partial charge in [-0.15, -0.1) is 0 Å². The van der Waals surface area contributed by atoms with Crippen LogP contribution in [0.2, 0.25) is 0 Å². The topological polar surface area (TPSA) is 109 Å². The molecular weight excluding hydrogens is 402 g/mol. The maximum Gasteiger partial charge on any atom is 0.339 e. The Hall–Kier alpha value is -4.14. The summed E-state index contributed by atoms with van der Waals surface area (Å²) in [5, 5.41) is 2.56. The second-order valence-electron chi connectivity index (χ2n) is 6.42. The van der Waals surface area contributed by atoms with E-state index in [-0.39, 0.29) is 11.3 Å². The molecule has 0 bridgehead atoms. The van der Waals surface area contributed by atoms with Gasteiger partial charge in [-0.25, -0.2) is 4.79 Å². The molecule has 0 aliphatic rings. The van der Waals surface area contributed by atoms with Crippen LogP contribution in [0.5, 0.6) is 5.75 Å². The molecule has 0 saturated heterocycles. The van der Waals surface area contributed by atoms with Crippen molar-refractivity contribution in [3.63, 3.8) is 0 Å². The largest absolute Gasteiger partial charge is 0.494 e. The highest BCUT2D eigenvalue weighted by Crippen LogP contribution is 2.16. The number of hydrogen-bond acceptors (Lipinski definition) is 6. The Morgan fingerprint density at radius 3 is 2.35 bits per heavy atom. The Bertz CT molecular complexity index is 1210. The lowest BCUT2D eigenvalue weighted by Gasteiger charge is -2.12. The van der Waals surface area contributed by atoms with Gasteiger partial charge < -0.3 is 14.8 Å². The first-order valence-electron chi connectivity index (χ1n) is 9.47. The average molecular weight is 423 g/mol. The van der Waals surface area contributed by atoms with Gasteiger partial charge in [0, 0.05) is 18.1 Å². The first-order valence-corrected chi connectivity index (χ1v) is 9.47. The predicted molar refractivity (Wildman–Crippen MR) is 114 cm³/mol. The van der Waals surface area contributed by atoms with Gasteiger partial charge in [0.2, 0.25) is 5.91 Å². The number of rotatable bonds is 7. The second kappa shape index (κ2) is 9.57. The molecule has 160 valence electrons. The van der Waals surface area contributed by atoms with Crippen LogP contribution in [0.1, 0.15) is 17.3 Å². The Labute approximate surface area is 177 Å². The molecule has 3 rings (SSSR count). The number of amides is 1. The lowest BCUT2D eigenvalue weighted by atomic mass is 10.2. The zero-order valence-electron chi connectivity index (χ0n) is 17.0. The van der Waals surface area contributed by atoms with Crippen LogP contribution >= 0.6 is 0 Å². The quantitative estimate of drug-likeness (QED) is 0.459. The molecule has 1 amide bonds. The number of para-hydroxylation sites is 1. The number of aromatic nitrogens is 2. The van der Waals surface area contributed by atoms with Crippen molar-refractivity contribution >= 4 is 17.6 Å². The van der Waals surface area contributed by atoms with Crippen molar-refractivity contribution in [2.45, 2.75) is 13.5 Å². The summed E-state index contributed by atoms with van der Waals surface area (Å²) in [5.74, 6) is -0.528. The van der Waals surface area contributed by atoms with E-state index in [0.717, 1.165) is 4.57 Å². The molecule has 1 N–H and O–H groups in total. The van der Waals surface area contributed by atoms with Gasteiger partial charge in [-0.2, -0.15) is 0 Å². The number of methoxy groups -OCH3 is 1. The monoisotopic (exact) mass is 423 g/mol. The zero-order valence-corrected chi connectivity index (χ0v) is 17.0. The maximum atomic E-state index is 12.5. The third-order valence-electron chi connectivity index (χ3n) is 4.40. The van der Waals surface area contributed by atoms with E-state index in [4.69, 9.17) is 9.47 Å². The van der Waals surface area contributed by atoms with Gasteiger partial charge in [0.05, 0.1) is 25.0 Å². The molecule has 0 aliphatic carbocycles. The highest BCUT2D eigenvalue weighted by Gasteiger charge is 2.15. The van der Waals surface area contributed by atoms with E-state index < -0.39 is 29.5 Å². The molecule has 9 heteroatoms. The van der Waals surface area contributed by atoms with E-state index in [0.29, 0.717) is 18.0 Å². The Balaban J connectivity index is 1.80. The highest BCUT2D eigenvalue weighted by molar-refractivity contribution is 6.01. The third kappa shape index (κ3) is 4.89. The average Bonchev–Trinajstić information content (AvgIpc) is 2.78. The number of anilines is 1. The molecule has 1 aromatic heterocycles. The molecular formula is C22H21N3O6. The van der Waals surface area contributed by atoms with Crippen LogP contribution < -0.4 is 21.2 Å². The van der Waals surface area contributed by atoms with Crippen molar-refractivity contribution < 1.29 is 19.1 Å². The van der Waals surface area contributed by atoms with E-state index in [1.54, 1.807) is 36.4 Å². The lowest BCUT2D eigenvalue weighted by Crippen LogP contribution is -2.41. The molecule has 0 unspecified atom stereocenters. The number of carbonyl (C=O) groups excluding carboxylic acids is 2. The summed E-state index contributed by atoms with van der Waals surface area (Å²) in [6, 6.07) is 13.0. The predicted octanol–water partition coefficient (Wildman–Crippen LogP) is 1.82. The van der Waals surface area contributed by atoms with Crippen molar-refractivity contribution in [3.8, 4) is 11.4 Å². The van der Waals surface area contributed by atoms with Crippen molar-refractivity contribution in [1.82, 2.24) is 9.13 Å². The number of esters is 1. The van der Waals surface area contributed by atoms with Gasteiger partial charge in [0.25, 0.3) is 0 Å². The molecule has 31 heavy (non-hydrogen) atoms. The number of benzene rings is 2. The number of nitrogens with zero attached hydrogens (tertiary/aromatic N) is 2. The highest BCUT2D eigenvalue weighted by atomic mass is 16.5. The first-order chi connectivity index (χ1) is 14.9. The van der Waals surface area contributed by atoms with Gasteiger partial charge in [0.1, 0.15) is 12.3 Å². The van der Waals surface area contributed by atoms with Crippen molar-refractivity contribution in [2.24, 2.45) is 0 Å². The van der Waals surface area contributed by atoms with Gasteiger partial charge in [0.15, 0.2) is 0 Å². The summed E-state index contributed by atoms with van der Waals surface area (Å²) in [6.45, 7) is 1.98. The van der Waals surface area contributed by atoms with E-state index in [1.807, 2.05) is 6.92 Å². The summed E-state index contributed by atoms with van der Waals surface area (Å²) < 4.78 is 12.3. The van der Waals surface area contributed by atoms with Crippen LogP contribution in [0.25, 0.3) is 5.69 Å². The van der Waals surface area contributed by atoms with E-state index >= 15 is 0 Å². The van der Waals surface area contributed by atoms with Crippen LogP contribution in [0, 0.1) is 0 Å². The van der Waals surface area contributed by atoms with Gasteiger partial charge in [-0.05, 0) is 43.3 Å². The smallest absolute Gasteiger partial charge is 0.339 e. The van der Waals surface area contributed by atoms with Crippen molar-refractivity contribution in [3.05, 3.63) is 87.2 Å². The van der Waals surface area contributed by atoms with Crippen LogP contribution in [0.15, 0.2) is 70.5 Å². The second-order valence-corrected chi connectivity index (χ2v) is 6.42. The summed E-state index contributed by atoms with van der Waals surface area (Å²) >= 11 is 0. The number of hydrogen-bond donors (Lipinski definition) is 1. The molecule has 0 fully saturated rings. The minimum absolute atomic E-state index is 0.177. The summed E-state index contributed by atoms with van der Waals surface area (Å²) in [6.07, 6.45) is 2.76. The molecule has 3 aromatic rings. The molecule has 0 atom stereocenters. The van der Waals surface area contributed by atoms with Gasteiger partial charge in [-0.3, -0.25) is 23.5 Å². The fourth-order valence-electron chi connectivity index (χ4n) is 2.93. The fraction of sp³-hybridized carbons (Fsp3) is 0.182. The van der Waals surface area contributed by atoms with E-state index in [9.17, 15) is 19.2 Å².